The van der Waals surface area contributed by atoms with E-state index in [9.17, 15) is 0 Å². The summed E-state index contributed by atoms with van der Waals surface area (Å²) in [5.41, 5.74) is 7.38. The maximum Gasteiger partial charge on any atom is 0.119 e. The molecule has 110 valence electrons. The molecule has 0 spiro atoms. The Hall–Kier alpha value is -1.06. The first-order valence-electron chi connectivity index (χ1n) is 7.98. The van der Waals surface area contributed by atoms with Gasteiger partial charge in [0.15, 0.2) is 0 Å². The van der Waals surface area contributed by atoms with E-state index in [1.165, 1.54) is 37.9 Å². The highest BCUT2D eigenvalue weighted by Crippen LogP contribution is 2.40. The van der Waals surface area contributed by atoms with Crippen LogP contribution in [-0.4, -0.2) is 31.1 Å². The third-order valence-corrected chi connectivity index (χ3v) is 4.97. The second kappa shape index (κ2) is 6.15. The molecule has 2 fully saturated rings. The van der Waals surface area contributed by atoms with E-state index in [4.69, 9.17) is 10.5 Å². The largest absolute Gasteiger partial charge is 0.494 e. The zero-order chi connectivity index (χ0) is 13.9. The van der Waals surface area contributed by atoms with Gasteiger partial charge in [-0.1, -0.05) is 18.6 Å². The number of benzene rings is 1. The molecule has 3 nitrogen and oxygen atoms in total. The quantitative estimate of drug-likeness (QED) is 0.897. The van der Waals surface area contributed by atoms with Gasteiger partial charge >= 0.3 is 0 Å². The molecule has 2 N–H and O–H groups in total. The Bertz CT molecular complexity index is 436. The summed E-state index contributed by atoms with van der Waals surface area (Å²) in [5, 5.41) is 0. The van der Waals surface area contributed by atoms with E-state index < -0.39 is 0 Å². The van der Waals surface area contributed by atoms with E-state index in [0.717, 1.165) is 17.6 Å². The molecule has 3 rings (SSSR count). The number of nitrogens with two attached hydrogens (primary N) is 1. The zero-order valence-electron chi connectivity index (χ0n) is 12.4. The van der Waals surface area contributed by atoms with Gasteiger partial charge in [0.1, 0.15) is 5.75 Å². The highest BCUT2D eigenvalue weighted by molar-refractivity contribution is 5.31. The lowest BCUT2D eigenvalue weighted by Gasteiger charge is -2.28. The molecular formula is C17H26N2O. The normalized spacial score (nSPS) is 27.5. The van der Waals surface area contributed by atoms with Crippen LogP contribution in [0.4, 0.5) is 0 Å². The number of nitrogens with zero attached hydrogens (tertiary/aromatic N) is 1. The van der Waals surface area contributed by atoms with Crippen LogP contribution in [0.2, 0.25) is 0 Å². The predicted octanol–water partition coefficient (Wildman–Crippen LogP) is 2.82. The van der Waals surface area contributed by atoms with Crippen molar-refractivity contribution < 1.29 is 4.74 Å². The number of ether oxygens (including phenoxy) is 1. The topological polar surface area (TPSA) is 38.5 Å². The summed E-state index contributed by atoms with van der Waals surface area (Å²) in [7, 11) is 0. The van der Waals surface area contributed by atoms with Gasteiger partial charge in [-0.05, 0) is 49.3 Å². The molecule has 1 saturated carbocycles. The maximum atomic E-state index is 6.08. The minimum atomic E-state index is 0.348. The Kier molecular flexibility index (Phi) is 4.27. The number of hydrogen-bond acceptors (Lipinski definition) is 3. The zero-order valence-corrected chi connectivity index (χ0v) is 12.4. The van der Waals surface area contributed by atoms with Gasteiger partial charge in [0.2, 0.25) is 0 Å². The lowest BCUT2D eigenvalue weighted by Crippen LogP contribution is -2.32. The molecular weight excluding hydrogens is 248 g/mol. The highest BCUT2D eigenvalue weighted by atomic mass is 16.5. The van der Waals surface area contributed by atoms with Gasteiger partial charge in [-0.25, -0.2) is 0 Å². The van der Waals surface area contributed by atoms with E-state index in [1.807, 2.05) is 13.0 Å². The van der Waals surface area contributed by atoms with Crippen LogP contribution in [0.1, 0.15) is 37.8 Å². The summed E-state index contributed by atoms with van der Waals surface area (Å²) in [5.74, 6) is 2.79. The third kappa shape index (κ3) is 2.70. The molecule has 3 unspecified atom stereocenters. The van der Waals surface area contributed by atoms with Gasteiger partial charge in [0.05, 0.1) is 6.61 Å². The van der Waals surface area contributed by atoms with Crippen molar-refractivity contribution in [2.75, 3.05) is 26.2 Å². The van der Waals surface area contributed by atoms with E-state index >= 15 is 0 Å². The average molecular weight is 274 g/mol. The van der Waals surface area contributed by atoms with Crippen molar-refractivity contribution in [3.8, 4) is 5.75 Å². The molecule has 0 aromatic heterocycles. The van der Waals surface area contributed by atoms with Crippen molar-refractivity contribution >= 4 is 0 Å². The molecule has 2 aliphatic rings. The molecule has 0 radical (unpaired) electrons. The van der Waals surface area contributed by atoms with Crippen molar-refractivity contribution in [2.24, 2.45) is 17.6 Å². The summed E-state index contributed by atoms with van der Waals surface area (Å²) in [6.07, 6.45) is 4.26. The second-order valence-electron chi connectivity index (χ2n) is 6.16. The van der Waals surface area contributed by atoms with E-state index in [2.05, 4.69) is 23.1 Å². The Morgan fingerprint density at radius 1 is 1.30 bits per heavy atom. The summed E-state index contributed by atoms with van der Waals surface area (Å²) in [4.78, 5) is 2.60. The molecule has 20 heavy (non-hydrogen) atoms. The molecule has 1 aromatic rings. The number of hydrogen-bond donors (Lipinski definition) is 1. The first-order chi connectivity index (χ1) is 9.81. The molecule has 0 amide bonds. The van der Waals surface area contributed by atoms with Crippen LogP contribution in [0.5, 0.6) is 5.75 Å². The average Bonchev–Trinajstić information content (AvgIpc) is 3.02. The van der Waals surface area contributed by atoms with E-state index in [0.29, 0.717) is 19.2 Å². The summed E-state index contributed by atoms with van der Waals surface area (Å²) < 4.78 is 5.62. The predicted molar refractivity (Wildman–Crippen MR) is 81.8 cm³/mol. The summed E-state index contributed by atoms with van der Waals surface area (Å²) in [6.45, 7) is 5.88. The van der Waals surface area contributed by atoms with Gasteiger partial charge in [-0.3, -0.25) is 4.90 Å². The fraction of sp³-hybridized carbons (Fsp3) is 0.647. The first kappa shape index (κ1) is 13.9. The van der Waals surface area contributed by atoms with Crippen molar-refractivity contribution in [1.29, 1.82) is 0 Å². The Balaban J connectivity index is 1.74. The molecule has 1 aliphatic heterocycles. The van der Waals surface area contributed by atoms with Crippen LogP contribution in [0, 0.1) is 11.8 Å². The molecule has 1 saturated heterocycles. The molecule has 1 heterocycles. The van der Waals surface area contributed by atoms with Gasteiger partial charge in [0.25, 0.3) is 0 Å². The van der Waals surface area contributed by atoms with Crippen molar-refractivity contribution in [2.45, 2.75) is 32.2 Å². The fourth-order valence-electron chi connectivity index (χ4n) is 4.00. The number of fused-ring (bicyclic) bond motifs is 1. The highest BCUT2D eigenvalue weighted by Gasteiger charge is 2.38. The van der Waals surface area contributed by atoms with Crippen LogP contribution in [-0.2, 0) is 0 Å². The number of rotatable bonds is 5. The maximum absolute atomic E-state index is 6.08. The van der Waals surface area contributed by atoms with Crippen LogP contribution >= 0.6 is 0 Å². The summed E-state index contributed by atoms with van der Waals surface area (Å²) in [6, 6.07) is 8.81. The van der Waals surface area contributed by atoms with Gasteiger partial charge in [-0.2, -0.15) is 0 Å². The molecule has 1 aliphatic carbocycles. The second-order valence-corrected chi connectivity index (χ2v) is 6.16. The Morgan fingerprint density at radius 3 is 2.70 bits per heavy atom. The monoisotopic (exact) mass is 274 g/mol. The lowest BCUT2D eigenvalue weighted by molar-refractivity contribution is 0.231. The summed E-state index contributed by atoms with van der Waals surface area (Å²) >= 11 is 0. The van der Waals surface area contributed by atoms with E-state index in [1.54, 1.807) is 0 Å². The van der Waals surface area contributed by atoms with Crippen LogP contribution in [0.15, 0.2) is 24.3 Å². The third-order valence-electron chi connectivity index (χ3n) is 4.97. The van der Waals surface area contributed by atoms with Crippen molar-refractivity contribution in [3.63, 3.8) is 0 Å². The molecule has 3 heteroatoms. The minimum absolute atomic E-state index is 0.348. The molecule has 1 aromatic carbocycles. The Morgan fingerprint density at radius 2 is 2.05 bits per heavy atom. The SMILES string of the molecule is CCOc1cccc(C(CN)N2CC3CCCC3C2)c1. The first-order valence-corrected chi connectivity index (χ1v) is 7.98. The van der Waals surface area contributed by atoms with Crippen LogP contribution in [0.25, 0.3) is 0 Å². The fourth-order valence-corrected chi connectivity index (χ4v) is 4.00. The Labute approximate surface area is 122 Å². The lowest BCUT2D eigenvalue weighted by atomic mass is 10.0. The van der Waals surface area contributed by atoms with Crippen molar-refractivity contribution in [1.82, 2.24) is 4.90 Å². The van der Waals surface area contributed by atoms with Crippen molar-refractivity contribution in [3.05, 3.63) is 29.8 Å². The standard InChI is InChI=1S/C17H26N2O/c1-2-20-16-8-4-5-13(9-16)17(10-18)19-11-14-6-3-7-15(14)12-19/h4-5,8-9,14-15,17H,2-3,6-7,10-12,18H2,1H3. The van der Waals surface area contributed by atoms with Gasteiger partial charge in [0, 0.05) is 25.7 Å². The minimum Gasteiger partial charge on any atom is -0.494 e. The molecule has 0 bridgehead atoms. The van der Waals surface area contributed by atoms with E-state index in [-0.39, 0.29) is 0 Å². The number of likely N-dealkylation sites (tertiary alicyclic amines) is 1. The molecule has 3 atom stereocenters. The van der Waals surface area contributed by atoms with Crippen LogP contribution in [0.3, 0.4) is 0 Å². The smallest absolute Gasteiger partial charge is 0.119 e. The van der Waals surface area contributed by atoms with Gasteiger partial charge in [-0.15, -0.1) is 0 Å². The van der Waals surface area contributed by atoms with Crippen LogP contribution < -0.4 is 10.5 Å². The van der Waals surface area contributed by atoms with Gasteiger partial charge < -0.3 is 10.5 Å².